The third kappa shape index (κ3) is 5.10. The van der Waals surface area contributed by atoms with Crippen LogP contribution in [0.1, 0.15) is 52.2 Å². The van der Waals surface area contributed by atoms with Gasteiger partial charge in [-0.2, -0.15) is 5.26 Å². The molecule has 6 heteroatoms. The summed E-state index contributed by atoms with van der Waals surface area (Å²) in [7, 11) is 1.86. The first kappa shape index (κ1) is 25.7. The van der Waals surface area contributed by atoms with Gasteiger partial charge in [0.25, 0.3) is 0 Å². The number of fused-ring (bicyclic) bond motifs is 1. The second kappa shape index (κ2) is 10.9. The number of benzene rings is 1. The molecule has 0 saturated heterocycles. The zero-order chi connectivity index (χ0) is 23.9. The van der Waals surface area contributed by atoms with Gasteiger partial charge in [0, 0.05) is 11.5 Å². The third-order valence-electron chi connectivity index (χ3n) is 7.08. The lowest BCUT2D eigenvalue weighted by molar-refractivity contribution is -0.137. The molecule has 0 bridgehead atoms. The smallest absolute Gasteiger partial charge is 0.331 e. The van der Waals surface area contributed by atoms with E-state index in [0.717, 1.165) is 11.1 Å². The van der Waals surface area contributed by atoms with Crippen LogP contribution in [0.25, 0.3) is 5.57 Å². The number of hydrogen-bond donors (Lipinski definition) is 0. The molecular formula is C26H37NO4Si. The molecule has 1 unspecified atom stereocenters. The molecule has 1 aromatic rings. The van der Waals surface area contributed by atoms with Crippen molar-refractivity contribution in [2.75, 3.05) is 20.8 Å². The minimum Gasteiger partial charge on any atom is -0.493 e. The van der Waals surface area contributed by atoms with Crippen molar-refractivity contribution in [1.29, 1.82) is 5.26 Å². The van der Waals surface area contributed by atoms with Crippen molar-refractivity contribution < 1.29 is 19.0 Å². The van der Waals surface area contributed by atoms with Gasteiger partial charge in [-0.25, -0.2) is 4.79 Å². The SMILES string of the molecule is CC[Si](C=CCCOC(=O)C=C1c2cc(OC)c(OC)cc2C(C)(C)C1C#N)(CC)CC. The first-order chi connectivity index (χ1) is 15.2. The number of esters is 1. The molecule has 1 aliphatic carbocycles. The van der Waals surface area contributed by atoms with E-state index in [-0.39, 0.29) is 0 Å². The maximum atomic E-state index is 12.6. The van der Waals surface area contributed by atoms with Gasteiger partial charge in [0.1, 0.15) is 0 Å². The topological polar surface area (TPSA) is 68.6 Å². The molecule has 5 nitrogen and oxygen atoms in total. The summed E-state index contributed by atoms with van der Waals surface area (Å²) in [6.07, 6.45) is 4.35. The molecule has 0 aromatic heterocycles. The predicted molar refractivity (Wildman–Crippen MR) is 132 cm³/mol. The third-order valence-corrected chi connectivity index (χ3v) is 12.2. The van der Waals surface area contributed by atoms with Gasteiger partial charge in [-0.3, -0.25) is 0 Å². The van der Waals surface area contributed by atoms with E-state index in [9.17, 15) is 10.1 Å². The van der Waals surface area contributed by atoms with Crippen molar-refractivity contribution >= 4 is 19.6 Å². The maximum absolute atomic E-state index is 12.6. The summed E-state index contributed by atoms with van der Waals surface area (Å²) >= 11 is 0. The highest BCUT2D eigenvalue weighted by Gasteiger charge is 2.44. The summed E-state index contributed by atoms with van der Waals surface area (Å²) in [6.45, 7) is 11.2. The molecular weight excluding hydrogens is 418 g/mol. The van der Waals surface area contributed by atoms with Gasteiger partial charge in [0.2, 0.25) is 0 Å². The fourth-order valence-corrected chi connectivity index (χ4v) is 7.45. The maximum Gasteiger partial charge on any atom is 0.331 e. The van der Waals surface area contributed by atoms with Crippen molar-refractivity contribution in [2.45, 2.75) is 64.6 Å². The Hall–Kier alpha value is -2.52. The minimum absolute atomic E-state index is 0.333. The molecule has 1 atom stereocenters. The number of nitriles is 1. The van der Waals surface area contributed by atoms with E-state index in [2.05, 4.69) is 38.6 Å². The lowest BCUT2D eigenvalue weighted by Crippen LogP contribution is -2.28. The van der Waals surface area contributed by atoms with Crippen molar-refractivity contribution in [3.05, 3.63) is 41.1 Å². The van der Waals surface area contributed by atoms with E-state index in [1.54, 1.807) is 14.2 Å². The van der Waals surface area contributed by atoms with E-state index in [1.807, 2.05) is 26.0 Å². The summed E-state index contributed by atoms with van der Waals surface area (Å²) in [5, 5.41) is 9.89. The fraction of sp³-hybridized carbons (Fsp3) is 0.538. The van der Waals surface area contributed by atoms with Gasteiger partial charge < -0.3 is 14.2 Å². The molecule has 0 radical (unpaired) electrons. The number of allylic oxidation sites excluding steroid dienone is 1. The molecule has 2 rings (SSSR count). The number of nitrogens with zero attached hydrogens (tertiary/aromatic N) is 1. The van der Waals surface area contributed by atoms with Crippen LogP contribution in [0.5, 0.6) is 11.5 Å². The Morgan fingerprint density at radius 1 is 1.12 bits per heavy atom. The Balaban J connectivity index is 2.21. The zero-order valence-corrected chi connectivity index (χ0v) is 21.6. The molecule has 1 aliphatic rings. The molecule has 1 aromatic carbocycles. The Labute approximate surface area is 194 Å². The summed E-state index contributed by atoms with van der Waals surface area (Å²) in [6, 6.07) is 9.84. The lowest BCUT2D eigenvalue weighted by atomic mass is 9.78. The molecule has 0 amide bonds. The summed E-state index contributed by atoms with van der Waals surface area (Å²) in [4.78, 5) is 12.6. The molecule has 32 heavy (non-hydrogen) atoms. The van der Waals surface area contributed by atoms with Crippen LogP contribution in [-0.4, -0.2) is 34.9 Å². The number of methoxy groups -OCH3 is 2. The van der Waals surface area contributed by atoms with Crippen LogP contribution >= 0.6 is 0 Å². The lowest BCUT2D eigenvalue weighted by Gasteiger charge is -2.23. The summed E-state index contributed by atoms with van der Waals surface area (Å²) < 4.78 is 16.4. The van der Waals surface area contributed by atoms with Crippen LogP contribution in [0.4, 0.5) is 0 Å². The van der Waals surface area contributed by atoms with Crippen LogP contribution < -0.4 is 9.47 Å². The van der Waals surface area contributed by atoms with E-state index in [4.69, 9.17) is 14.2 Å². The fourth-order valence-electron chi connectivity index (χ4n) is 4.58. The average Bonchev–Trinajstić information content (AvgIpc) is 3.00. The molecule has 0 saturated carbocycles. The average molecular weight is 456 g/mol. The second-order valence-electron chi connectivity index (χ2n) is 8.92. The van der Waals surface area contributed by atoms with Crippen LogP contribution in [0, 0.1) is 17.2 Å². The highest BCUT2D eigenvalue weighted by Crippen LogP contribution is 2.52. The first-order valence-electron chi connectivity index (χ1n) is 11.5. The van der Waals surface area contributed by atoms with E-state index in [1.165, 1.54) is 24.2 Å². The second-order valence-corrected chi connectivity index (χ2v) is 14.1. The first-order valence-corrected chi connectivity index (χ1v) is 14.2. The predicted octanol–water partition coefficient (Wildman–Crippen LogP) is 6.06. The van der Waals surface area contributed by atoms with Crippen LogP contribution in [-0.2, 0) is 14.9 Å². The van der Waals surface area contributed by atoms with E-state index < -0.39 is 25.4 Å². The molecule has 0 spiro atoms. The molecule has 0 fully saturated rings. The van der Waals surface area contributed by atoms with Crippen molar-refractivity contribution in [1.82, 2.24) is 0 Å². The number of carbonyl (C=O) groups excluding carboxylic acids is 1. The largest absolute Gasteiger partial charge is 0.493 e. The van der Waals surface area contributed by atoms with E-state index in [0.29, 0.717) is 30.1 Å². The van der Waals surface area contributed by atoms with Gasteiger partial charge in [-0.05, 0) is 35.3 Å². The molecule has 0 heterocycles. The molecule has 0 N–H and O–H groups in total. The van der Waals surface area contributed by atoms with Crippen LogP contribution in [0.2, 0.25) is 18.1 Å². The van der Waals surface area contributed by atoms with Crippen molar-refractivity contribution in [3.63, 3.8) is 0 Å². The highest BCUT2D eigenvalue weighted by atomic mass is 28.3. The summed E-state index contributed by atoms with van der Waals surface area (Å²) in [5.41, 5.74) is 4.40. The Morgan fingerprint density at radius 2 is 1.72 bits per heavy atom. The number of hydrogen-bond acceptors (Lipinski definition) is 5. The number of carbonyl (C=O) groups is 1. The summed E-state index contributed by atoms with van der Waals surface area (Å²) in [5.74, 6) is 0.294. The number of ether oxygens (including phenoxy) is 3. The van der Waals surface area contributed by atoms with Crippen molar-refractivity contribution in [2.24, 2.45) is 5.92 Å². The Kier molecular flexibility index (Phi) is 8.74. The van der Waals surface area contributed by atoms with Gasteiger partial charge in [0.15, 0.2) is 11.5 Å². The monoisotopic (exact) mass is 455 g/mol. The standard InChI is InChI=1S/C26H37NO4Si/c1-8-32(9-2,10-3)14-12-11-13-31-25(28)16-20-19-15-23(29-6)24(30-7)17-21(19)26(4,5)22(20)18-27/h12,14-17,22H,8-11,13H2,1-7H3. The van der Waals surface area contributed by atoms with Crippen LogP contribution in [0.15, 0.2) is 30.0 Å². The van der Waals surface area contributed by atoms with Crippen LogP contribution in [0.3, 0.4) is 0 Å². The zero-order valence-electron chi connectivity index (χ0n) is 20.6. The van der Waals surface area contributed by atoms with Gasteiger partial charge >= 0.3 is 5.97 Å². The van der Waals surface area contributed by atoms with Gasteiger partial charge in [0.05, 0.1) is 40.9 Å². The normalized spacial score (nSPS) is 18.4. The Bertz CT molecular complexity index is 914. The quantitative estimate of drug-likeness (QED) is 0.186. The van der Waals surface area contributed by atoms with Gasteiger partial charge in [-0.1, -0.05) is 64.5 Å². The minimum atomic E-state index is -1.30. The van der Waals surface area contributed by atoms with E-state index >= 15 is 0 Å². The Morgan fingerprint density at radius 3 is 2.25 bits per heavy atom. The highest BCUT2D eigenvalue weighted by molar-refractivity contribution is 6.84. The number of rotatable bonds is 10. The molecule has 0 aliphatic heterocycles. The van der Waals surface area contributed by atoms with Crippen molar-refractivity contribution in [3.8, 4) is 17.6 Å². The molecule has 174 valence electrons. The van der Waals surface area contributed by atoms with Gasteiger partial charge in [-0.15, -0.1) is 0 Å².